The number of nitrogens with zero attached hydrogens (tertiary/aromatic N) is 1. The second kappa shape index (κ2) is 5.67. The molecule has 0 radical (unpaired) electrons. The molecule has 6 nitrogen and oxygen atoms in total. The highest BCUT2D eigenvalue weighted by atomic mass is 16.5. The number of carbonyl (C=O) groups is 2. The zero-order chi connectivity index (χ0) is 13.1. The van der Waals surface area contributed by atoms with Gasteiger partial charge in [0.25, 0.3) is 0 Å². The number of hydrogen-bond donors (Lipinski definition) is 1. The average molecular weight is 256 g/mol. The molecule has 2 aliphatic rings. The number of likely N-dealkylation sites (tertiary alicyclic amines) is 1. The van der Waals surface area contributed by atoms with E-state index in [1.165, 1.54) is 6.92 Å². The van der Waals surface area contributed by atoms with E-state index in [2.05, 4.69) is 0 Å². The summed E-state index contributed by atoms with van der Waals surface area (Å²) < 4.78 is 10.2. The minimum absolute atomic E-state index is 0.0191. The minimum Gasteiger partial charge on any atom is -0.465 e. The minimum atomic E-state index is -0.255. The summed E-state index contributed by atoms with van der Waals surface area (Å²) in [4.78, 5) is 24.1. The highest BCUT2D eigenvalue weighted by Crippen LogP contribution is 2.22. The van der Waals surface area contributed by atoms with E-state index in [0.717, 1.165) is 25.9 Å². The second-order valence-corrected chi connectivity index (χ2v) is 5.21. The van der Waals surface area contributed by atoms with Gasteiger partial charge in [0.05, 0.1) is 13.2 Å². The summed E-state index contributed by atoms with van der Waals surface area (Å²) in [6, 6.07) is 0.194. The van der Waals surface area contributed by atoms with Crippen LogP contribution >= 0.6 is 0 Å². The third-order valence-electron chi connectivity index (χ3n) is 3.34. The summed E-state index contributed by atoms with van der Waals surface area (Å²) in [5.74, 6) is -0.0918. The van der Waals surface area contributed by atoms with Crippen molar-refractivity contribution >= 4 is 11.9 Å². The Hall–Kier alpha value is -1.14. The predicted octanol–water partition coefficient (Wildman–Crippen LogP) is -0.486. The van der Waals surface area contributed by atoms with Gasteiger partial charge in [-0.1, -0.05) is 0 Å². The molecule has 18 heavy (non-hydrogen) atoms. The molecule has 1 saturated carbocycles. The van der Waals surface area contributed by atoms with Crippen LogP contribution in [-0.4, -0.2) is 55.2 Å². The van der Waals surface area contributed by atoms with Crippen LogP contribution in [0.1, 0.15) is 19.8 Å². The first kappa shape index (κ1) is 13.3. The summed E-state index contributed by atoms with van der Waals surface area (Å²) in [6.45, 7) is 3.73. The van der Waals surface area contributed by atoms with Gasteiger partial charge in [-0.15, -0.1) is 0 Å². The maximum absolute atomic E-state index is 11.5. The van der Waals surface area contributed by atoms with E-state index in [4.69, 9.17) is 15.2 Å². The van der Waals surface area contributed by atoms with Gasteiger partial charge in [-0.2, -0.15) is 0 Å². The molecule has 2 N–H and O–H groups in total. The Kier molecular flexibility index (Phi) is 4.19. The molecule has 1 aliphatic carbocycles. The molecule has 0 amide bonds. The van der Waals surface area contributed by atoms with Gasteiger partial charge in [0.15, 0.2) is 0 Å². The van der Waals surface area contributed by atoms with Crippen LogP contribution in [-0.2, 0) is 19.1 Å². The Morgan fingerprint density at radius 1 is 1.33 bits per heavy atom. The molecule has 2 fully saturated rings. The molecule has 0 bridgehead atoms. The van der Waals surface area contributed by atoms with Crippen molar-refractivity contribution in [2.75, 3.05) is 26.2 Å². The molecule has 1 saturated heterocycles. The van der Waals surface area contributed by atoms with Gasteiger partial charge in [0.1, 0.15) is 6.10 Å². The van der Waals surface area contributed by atoms with E-state index in [1.807, 2.05) is 4.90 Å². The quantitative estimate of drug-likeness (QED) is 0.669. The van der Waals surface area contributed by atoms with E-state index < -0.39 is 0 Å². The van der Waals surface area contributed by atoms with Crippen LogP contribution < -0.4 is 5.73 Å². The van der Waals surface area contributed by atoms with Gasteiger partial charge in [0, 0.05) is 32.0 Å². The average Bonchev–Trinajstić information content (AvgIpc) is 2.18. The molecule has 1 aliphatic heterocycles. The van der Waals surface area contributed by atoms with Gasteiger partial charge in [-0.05, 0) is 12.8 Å². The van der Waals surface area contributed by atoms with Crippen molar-refractivity contribution in [1.29, 1.82) is 0 Å². The largest absolute Gasteiger partial charge is 0.465 e. The lowest BCUT2D eigenvalue weighted by atomic mass is 9.90. The molecule has 2 rings (SSSR count). The van der Waals surface area contributed by atoms with Gasteiger partial charge in [-0.25, -0.2) is 0 Å². The number of ether oxygens (including phenoxy) is 2. The molecule has 102 valence electrons. The summed E-state index contributed by atoms with van der Waals surface area (Å²) in [5.41, 5.74) is 5.62. The topological polar surface area (TPSA) is 81.9 Å². The van der Waals surface area contributed by atoms with Crippen molar-refractivity contribution in [3.63, 3.8) is 0 Å². The lowest BCUT2D eigenvalue weighted by Gasteiger charge is -2.39. The first-order valence-corrected chi connectivity index (χ1v) is 6.33. The van der Waals surface area contributed by atoms with Crippen molar-refractivity contribution < 1.29 is 19.1 Å². The maximum Gasteiger partial charge on any atom is 0.320 e. The first-order chi connectivity index (χ1) is 8.52. The SMILES string of the molecule is CC(=O)OCC1CN(CC(=O)O[C@H]2C[C@@H](N)C2)C1. The Morgan fingerprint density at radius 3 is 2.56 bits per heavy atom. The van der Waals surface area contributed by atoms with Crippen LogP contribution in [0.2, 0.25) is 0 Å². The van der Waals surface area contributed by atoms with E-state index in [9.17, 15) is 9.59 Å². The van der Waals surface area contributed by atoms with Crippen molar-refractivity contribution in [3.05, 3.63) is 0 Å². The van der Waals surface area contributed by atoms with Crippen LogP contribution in [0.15, 0.2) is 0 Å². The van der Waals surface area contributed by atoms with Crippen LogP contribution in [0.25, 0.3) is 0 Å². The van der Waals surface area contributed by atoms with Crippen LogP contribution in [0.5, 0.6) is 0 Å². The smallest absolute Gasteiger partial charge is 0.320 e. The summed E-state index contributed by atoms with van der Waals surface area (Å²) in [5, 5.41) is 0. The highest BCUT2D eigenvalue weighted by molar-refractivity contribution is 5.72. The van der Waals surface area contributed by atoms with E-state index in [0.29, 0.717) is 19.1 Å². The second-order valence-electron chi connectivity index (χ2n) is 5.21. The normalized spacial score (nSPS) is 28.1. The number of rotatable bonds is 5. The van der Waals surface area contributed by atoms with Crippen LogP contribution in [0.4, 0.5) is 0 Å². The Morgan fingerprint density at radius 2 is 2.00 bits per heavy atom. The number of carbonyl (C=O) groups excluding carboxylic acids is 2. The summed E-state index contributed by atoms with van der Waals surface area (Å²) in [7, 11) is 0. The van der Waals surface area contributed by atoms with E-state index in [1.54, 1.807) is 0 Å². The maximum atomic E-state index is 11.5. The zero-order valence-electron chi connectivity index (χ0n) is 10.6. The number of hydrogen-bond acceptors (Lipinski definition) is 6. The van der Waals surface area contributed by atoms with Crippen molar-refractivity contribution in [3.8, 4) is 0 Å². The fourth-order valence-corrected chi connectivity index (χ4v) is 2.25. The molecule has 0 atom stereocenters. The fourth-order valence-electron chi connectivity index (χ4n) is 2.25. The standard InChI is InChI=1S/C12H20N2O4/c1-8(15)17-7-9-4-14(5-9)6-12(16)18-11-2-10(13)3-11/h9-11H,2-7,13H2,1H3/t10-,11+. The molecule has 1 heterocycles. The lowest BCUT2D eigenvalue weighted by Crippen LogP contribution is -2.52. The monoisotopic (exact) mass is 256 g/mol. The lowest BCUT2D eigenvalue weighted by molar-refractivity contribution is -0.158. The molecule has 6 heteroatoms. The highest BCUT2D eigenvalue weighted by Gasteiger charge is 2.32. The third-order valence-corrected chi connectivity index (χ3v) is 3.34. The molecule has 0 aromatic carbocycles. The van der Waals surface area contributed by atoms with Gasteiger partial charge in [-0.3, -0.25) is 14.5 Å². The molecule has 0 spiro atoms. The molecule has 0 aromatic heterocycles. The number of esters is 2. The molecule has 0 unspecified atom stereocenters. The Balaban J connectivity index is 1.53. The summed E-state index contributed by atoms with van der Waals surface area (Å²) in [6.07, 6.45) is 1.58. The van der Waals surface area contributed by atoms with Gasteiger partial charge >= 0.3 is 11.9 Å². The zero-order valence-corrected chi connectivity index (χ0v) is 10.6. The van der Waals surface area contributed by atoms with Gasteiger partial charge in [0.2, 0.25) is 0 Å². The van der Waals surface area contributed by atoms with E-state index >= 15 is 0 Å². The first-order valence-electron chi connectivity index (χ1n) is 6.33. The van der Waals surface area contributed by atoms with Crippen LogP contribution in [0, 0.1) is 5.92 Å². The molecule has 0 aromatic rings. The molecular formula is C12H20N2O4. The Labute approximate surface area is 106 Å². The summed E-state index contributed by atoms with van der Waals surface area (Å²) >= 11 is 0. The Bertz CT molecular complexity index is 322. The number of nitrogens with two attached hydrogens (primary N) is 1. The van der Waals surface area contributed by atoms with E-state index in [-0.39, 0.29) is 24.1 Å². The third kappa shape index (κ3) is 3.68. The van der Waals surface area contributed by atoms with Crippen LogP contribution in [0.3, 0.4) is 0 Å². The van der Waals surface area contributed by atoms with Crippen molar-refractivity contribution in [2.45, 2.75) is 31.9 Å². The van der Waals surface area contributed by atoms with Crippen molar-refractivity contribution in [2.24, 2.45) is 11.7 Å². The predicted molar refractivity (Wildman–Crippen MR) is 63.7 cm³/mol. The van der Waals surface area contributed by atoms with Crippen molar-refractivity contribution in [1.82, 2.24) is 4.90 Å². The van der Waals surface area contributed by atoms with Gasteiger partial charge < -0.3 is 15.2 Å². The fraction of sp³-hybridized carbons (Fsp3) is 0.833. The molecular weight excluding hydrogens is 236 g/mol.